The Labute approximate surface area is 101 Å². The van der Waals surface area contributed by atoms with Gasteiger partial charge in [0.2, 0.25) is 0 Å². The van der Waals surface area contributed by atoms with E-state index in [-0.39, 0.29) is 0 Å². The predicted octanol–water partition coefficient (Wildman–Crippen LogP) is 0.499. The highest BCUT2D eigenvalue weighted by Gasteiger charge is 1.94. The van der Waals surface area contributed by atoms with Gasteiger partial charge in [-0.05, 0) is 25.1 Å². The minimum atomic E-state index is -0.987. The average Bonchev–Trinajstić information content (AvgIpc) is 2.19. The molecular formula is C9H18N4O2S. The van der Waals surface area contributed by atoms with Crippen LogP contribution in [0.2, 0.25) is 0 Å². The molecule has 0 rings (SSSR count). The molecule has 0 radical (unpaired) electrons. The number of aliphatic imine (C=N–C) groups is 1. The number of hydrogen-bond donors (Lipinski definition) is 3. The first-order chi connectivity index (χ1) is 7.52. The van der Waals surface area contributed by atoms with Gasteiger partial charge in [-0.2, -0.15) is 0 Å². The molecule has 92 valence electrons. The molecule has 0 atom stereocenters. The fourth-order valence-electron chi connectivity index (χ4n) is 0.854. The Kier molecular flexibility index (Phi) is 8.14. The summed E-state index contributed by atoms with van der Waals surface area (Å²) in [5.41, 5.74) is 0. The normalized spacial score (nSPS) is 10.1. The fraction of sp³-hybridized carbons (Fsp3) is 0.667. The maximum atomic E-state index is 10.1. The lowest BCUT2D eigenvalue weighted by Crippen LogP contribution is -2.25. The van der Waals surface area contributed by atoms with E-state index in [1.54, 1.807) is 11.2 Å². The molecule has 0 saturated carbocycles. The van der Waals surface area contributed by atoms with E-state index in [1.165, 1.54) is 0 Å². The topological polar surface area (TPSA) is 77.0 Å². The zero-order valence-electron chi connectivity index (χ0n) is 9.56. The Balaban J connectivity index is 3.38. The van der Waals surface area contributed by atoms with E-state index in [1.807, 2.05) is 14.1 Å². The van der Waals surface area contributed by atoms with E-state index < -0.39 is 6.09 Å². The molecule has 0 saturated heterocycles. The number of rotatable bonds is 6. The first-order valence-corrected chi connectivity index (χ1v) is 5.38. The second-order valence-corrected chi connectivity index (χ2v) is 3.77. The molecule has 6 nitrogen and oxygen atoms in total. The summed E-state index contributed by atoms with van der Waals surface area (Å²) in [6.45, 7) is 1.16. The number of nitrogens with zero attached hydrogens (tertiary/aromatic N) is 2. The smallest absolute Gasteiger partial charge is 0.404 e. The quantitative estimate of drug-likeness (QED) is 0.275. The van der Waals surface area contributed by atoms with E-state index in [4.69, 9.17) is 17.3 Å². The third-order valence-corrected chi connectivity index (χ3v) is 1.81. The second kappa shape index (κ2) is 8.90. The molecule has 0 aromatic heterocycles. The summed E-state index contributed by atoms with van der Waals surface area (Å²) in [7, 11) is 3.73. The van der Waals surface area contributed by atoms with Crippen molar-refractivity contribution in [1.82, 2.24) is 15.5 Å². The highest BCUT2D eigenvalue weighted by molar-refractivity contribution is 7.80. The van der Waals surface area contributed by atoms with Gasteiger partial charge in [0.05, 0.1) is 6.34 Å². The van der Waals surface area contributed by atoms with Crippen molar-refractivity contribution in [2.45, 2.75) is 12.8 Å². The van der Waals surface area contributed by atoms with E-state index in [2.05, 4.69) is 15.6 Å². The highest BCUT2D eigenvalue weighted by Crippen LogP contribution is 1.85. The van der Waals surface area contributed by atoms with Crippen molar-refractivity contribution in [1.29, 1.82) is 0 Å². The van der Waals surface area contributed by atoms with E-state index in [0.29, 0.717) is 18.2 Å². The van der Waals surface area contributed by atoms with E-state index >= 15 is 0 Å². The van der Waals surface area contributed by atoms with Crippen LogP contribution in [0, 0.1) is 0 Å². The molecule has 0 aliphatic rings. The van der Waals surface area contributed by atoms with Crippen molar-refractivity contribution in [2.24, 2.45) is 4.99 Å². The number of nitrogens with one attached hydrogen (secondary N) is 2. The zero-order chi connectivity index (χ0) is 12.4. The van der Waals surface area contributed by atoms with Gasteiger partial charge < -0.3 is 20.6 Å². The van der Waals surface area contributed by atoms with Gasteiger partial charge in [0.25, 0.3) is 0 Å². The molecular weight excluding hydrogens is 228 g/mol. The lowest BCUT2D eigenvalue weighted by molar-refractivity contribution is 0.194. The maximum Gasteiger partial charge on any atom is 0.404 e. The SMILES string of the molecule is CN(C)/C=N/C(=S)NCCCCNC(=O)O. The Morgan fingerprint density at radius 3 is 2.44 bits per heavy atom. The largest absolute Gasteiger partial charge is 0.465 e. The number of carboxylic acid groups (broad SMARTS) is 1. The van der Waals surface area contributed by atoms with Crippen LogP contribution in [0.25, 0.3) is 0 Å². The van der Waals surface area contributed by atoms with Crippen LogP contribution in [0.1, 0.15) is 12.8 Å². The van der Waals surface area contributed by atoms with Gasteiger partial charge in [-0.1, -0.05) is 0 Å². The van der Waals surface area contributed by atoms with Crippen LogP contribution >= 0.6 is 12.2 Å². The molecule has 0 fully saturated rings. The standard InChI is InChI=1S/C9H18N4O2S/c1-13(2)7-12-8(16)10-5-3-4-6-11-9(14)15/h7,11H,3-6H2,1-2H3,(H,10,16)(H,14,15)/b12-7+. The number of thiocarbonyl (C=S) groups is 1. The lowest BCUT2D eigenvalue weighted by atomic mass is 10.3. The lowest BCUT2D eigenvalue weighted by Gasteiger charge is -2.05. The number of unbranched alkanes of at least 4 members (excludes halogenated alkanes) is 1. The Morgan fingerprint density at radius 1 is 1.38 bits per heavy atom. The van der Waals surface area contributed by atoms with Gasteiger partial charge in [0.1, 0.15) is 0 Å². The van der Waals surface area contributed by atoms with Crippen LogP contribution in [0.15, 0.2) is 4.99 Å². The summed E-state index contributed by atoms with van der Waals surface area (Å²) in [4.78, 5) is 15.9. The van der Waals surface area contributed by atoms with Crippen LogP contribution in [0.5, 0.6) is 0 Å². The first kappa shape index (κ1) is 14.6. The summed E-state index contributed by atoms with van der Waals surface area (Å²) < 4.78 is 0. The van der Waals surface area contributed by atoms with Gasteiger partial charge in [-0.3, -0.25) is 0 Å². The first-order valence-electron chi connectivity index (χ1n) is 4.97. The minimum absolute atomic E-state index is 0.444. The van der Waals surface area contributed by atoms with Crippen molar-refractivity contribution in [2.75, 3.05) is 27.2 Å². The van der Waals surface area contributed by atoms with Crippen molar-refractivity contribution in [3.8, 4) is 0 Å². The summed E-state index contributed by atoms with van der Waals surface area (Å²) >= 11 is 4.95. The van der Waals surface area contributed by atoms with Crippen LogP contribution in [-0.4, -0.2) is 54.7 Å². The van der Waals surface area contributed by atoms with Crippen molar-refractivity contribution in [3.05, 3.63) is 0 Å². The molecule has 16 heavy (non-hydrogen) atoms. The molecule has 0 unspecified atom stereocenters. The molecule has 1 amide bonds. The molecule has 0 aromatic rings. The summed E-state index contributed by atoms with van der Waals surface area (Å²) in [5, 5.41) is 14.0. The van der Waals surface area contributed by atoms with Gasteiger partial charge in [-0.15, -0.1) is 0 Å². The van der Waals surface area contributed by atoms with E-state index in [9.17, 15) is 4.79 Å². The van der Waals surface area contributed by atoms with Crippen molar-refractivity contribution >= 4 is 29.8 Å². The van der Waals surface area contributed by atoms with Crippen LogP contribution in [-0.2, 0) is 0 Å². The molecule has 0 aliphatic heterocycles. The van der Waals surface area contributed by atoms with Gasteiger partial charge in [-0.25, -0.2) is 9.79 Å². The zero-order valence-corrected chi connectivity index (χ0v) is 10.4. The molecule has 0 bridgehead atoms. The number of carbonyl (C=O) groups is 1. The number of hydrogen-bond acceptors (Lipinski definition) is 2. The Morgan fingerprint density at radius 2 is 1.94 bits per heavy atom. The van der Waals surface area contributed by atoms with Crippen molar-refractivity contribution in [3.63, 3.8) is 0 Å². The summed E-state index contributed by atoms with van der Waals surface area (Å²) in [5.74, 6) is 0. The number of amides is 1. The van der Waals surface area contributed by atoms with Crippen LogP contribution in [0.4, 0.5) is 4.79 Å². The van der Waals surface area contributed by atoms with Crippen LogP contribution in [0.3, 0.4) is 0 Å². The third kappa shape index (κ3) is 10.7. The maximum absolute atomic E-state index is 10.1. The summed E-state index contributed by atoms with van der Waals surface area (Å²) in [6, 6.07) is 0. The predicted molar refractivity (Wildman–Crippen MR) is 68.0 cm³/mol. The molecule has 0 aliphatic carbocycles. The fourth-order valence-corrected chi connectivity index (χ4v) is 1.00. The van der Waals surface area contributed by atoms with Crippen molar-refractivity contribution < 1.29 is 9.90 Å². The second-order valence-electron chi connectivity index (χ2n) is 3.38. The monoisotopic (exact) mass is 246 g/mol. The summed E-state index contributed by atoms with van der Waals surface area (Å²) in [6.07, 6.45) is 2.26. The van der Waals surface area contributed by atoms with Gasteiger partial charge in [0.15, 0.2) is 5.11 Å². The van der Waals surface area contributed by atoms with Gasteiger partial charge in [0, 0.05) is 27.2 Å². The molecule has 0 heterocycles. The molecule has 0 aromatic carbocycles. The Hall–Kier alpha value is -1.37. The third-order valence-electron chi connectivity index (χ3n) is 1.56. The average molecular weight is 246 g/mol. The highest BCUT2D eigenvalue weighted by atomic mass is 32.1. The molecule has 3 N–H and O–H groups in total. The minimum Gasteiger partial charge on any atom is -0.465 e. The van der Waals surface area contributed by atoms with Crippen LogP contribution < -0.4 is 10.6 Å². The molecule has 0 spiro atoms. The van der Waals surface area contributed by atoms with E-state index in [0.717, 1.165) is 12.8 Å². The Bertz CT molecular complexity index is 256. The van der Waals surface area contributed by atoms with Gasteiger partial charge >= 0.3 is 6.09 Å². The molecule has 7 heteroatoms.